The summed E-state index contributed by atoms with van der Waals surface area (Å²) in [6.07, 6.45) is 0. The fourth-order valence-corrected chi connectivity index (χ4v) is 0.874. The molecule has 0 saturated heterocycles. The number of rotatable bonds is 2. The van der Waals surface area contributed by atoms with Crippen molar-refractivity contribution >= 4 is 0 Å². The quantitative estimate of drug-likeness (QED) is 0.683. The molecule has 0 aromatic heterocycles. The van der Waals surface area contributed by atoms with Crippen molar-refractivity contribution in [3.63, 3.8) is 0 Å². The Kier molecular flexibility index (Phi) is 2.57. The molecule has 3 heteroatoms. The van der Waals surface area contributed by atoms with Gasteiger partial charge in [-0.2, -0.15) is 0 Å². The van der Waals surface area contributed by atoms with Gasteiger partial charge in [0.25, 0.3) is 0 Å². The van der Waals surface area contributed by atoms with Gasteiger partial charge in [0, 0.05) is 12.1 Å². The number of halogens is 1. The summed E-state index contributed by atoms with van der Waals surface area (Å²) in [5.41, 5.74) is 6.21. The zero-order valence-electron chi connectivity index (χ0n) is 6.01. The number of hydrogen-bond acceptors (Lipinski definition) is 1. The molecule has 0 atom stereocenters. The lowest BCUT2D eigenvalue weighted by Gasteiger charge is -2.00. The van der Waals surface area contributed by atoms with Gasteiger partial charge in [0.05, 0.1) is 0 Å². The van der Waals surface area contributed by atoms with Gasteiger partial charge in [-0.25, -0.2) is 9.50 Å². The van der Waals surface area contributed by atoms with Crippen LogP contribution in [-0.4, -0.2) is 0 Å². The van der Waals surface area contributed by atoms with E-state index in [1.165, 1.54) is 18.2 Å². The van der Waals surface area contributed by atoms with Crippen LogP contribution in [0.1, 0.15) is 11.1 Å². The summed E-state index contributed by atoms with van der Waals surface area (Å²) in [4.78, 5) is 0. The van der Waals surface area contributed by atoms with Crippen molar-refractivity contribution in [1.82, 2.24) is 0 Å². The summed E-state index contributed by atoms with van der Waals surface area (Å²) in [6, 6.07) is 4.25. The standard InChI is InChI=1S/C8H9FNO/c9-8-2-1-6(5-11)3-7(8)4-10/h1-3H,4-5,10H2. The van der Waals surface area contributed by atoms with Crippen LogP contribution in [0, 0.1) is 5.82 Å². The third-order valence-electron chi connectivity index (χ3n) is 1.50. The molecule has 0 aliphatic carbocycles. The van der Waals surface area contributed by atoms with Crippen molar-refractivity contribution in [2.45, 2.75) is 13.2 Å². The fraction of sp³-hybridized carbons (Fsp3) is 0.250. The van der Waals surface area contributed by atoms with Crippen LogP contribution >= 0.6 is 0 Å². The Hall–Kier alpha value is -0.930. The zero-order valence-corrected chi connectivity index (χ0v) is 6.01. The van der Waals surface area contributed by atoms with Gasteiger partial charge in [-0.3, -0.25) is 0 Å². The van der Waals surface area contributed by atoms with E-state index in [1.807, 2.05) is 0 Å². The van der Waals surface area contributed by atoms with Crippen molar-refractivity contribution in [2.24, 2.45) is 5.73 Å². The largest absolute Gasteiger partial charge is 0.326 e. The van der Waals surface area contributed by atoms with Gasteiger partial charge in [0.2, 0.25) is 0 Å². The molecule has 2 N–H and O–H groups in total. The van der Waals surface area contributed by atoms with E-state index in [0.717, 1.165) is 0 Å². The first-order chi connectivity index (χ1) is 5.27. The summed E-state index contributed by atoms with van der Waals surface area (Å²) in [5.74, 6) is -0.343. The summed E-state index contributed by atoms with van der Waals surface area (Å²) in [7, 11) is 0. The van der Waals surface area contributed by atoms with Gasteiger partial charge in [-0.05, 0) is 17.7 Å². The molecule has 0 amide bonds. The molecular formula is C8H9FNO. The topological polar surface area (TPSA) is 45.9 Å². The van der Waals surface area contributed by atoms with Crippen molar-refractivity contribution < 1.29 is 9.50 Å². The summed E-state index contributed by atoms with van der Waals surface area (Å²) < 4.78 is 12.7. The first-order valence-electron chi connectivity index (χ1n) is 3.33. The van der Waals surface area contributed by atoms with Crippen LogP contribution in [0.2, 0.25) is 0 Å². The molecule has 1 radical (unpaired) electrons. The Bertz CT molecular complexity index is 250. The maximum absolute atomic E-state index is 12.7. The van der Waals surface area contributed by atoms with Crippen LogP contribution < -0.4 is 5.73 Å². The Morgan fingerprint density at radius 1 is 1.45 bits per heavy atom. The molecule has 1 aromatic rings. The van der Waals surface area contributed by atoms with Gasteiger partial charge < -0.3 is 5.73 Å². The van der Waals surface area contributed by atoms with E-state index in [9.17, 15) is 9.50 Å². The van der Waals surface area contributed by atoms with E-state index in [1.54, 1.807) is 0 Å². The van der Waals surface area contributed by atoms with E-state index >= 15 is 0 Å². The predicted molar refractivity (Wildman–Crippen MR) is 38.7 cm³/mol. The lowest BCUT2D eigenvalue weighted by Crippen LogP contribution is -2.00. The Morgan fingerprint density at radius 2 is 2.18 bits per heavy atom. The molecule has 0 aliphatic heterocycles. The Morgan fingerprint density at radius 3 is 2.73 bits per heavy atom. The van der Waals surface area contributed by atoms with E-state index < -0.39 is 0 Å². The van der Waals surface area contributed by atoms with E-state index in [2.05, 4.69) is 0 Å². The van der Waals surface area contributed by atoms with Gasteiger partial charge in [-0.1, -0.05) is 6.07 Å². The van der Waals surface area contributed by atoms with Crippen LogP contribution in [0.5, 0.6) is 0 Å². The lowest BCUT2D eigenvalue weighted by atomic mass is 10.1. The van der Waals surface area contributed by atoms with Gasteiger partial charge in [0.1, 0.15) is 12.4 Å². The Labute approximate surface area is 64.5 Å². The van der Waals surface area contributed by atoms with Crippen LogP contribution in [0.4, 0.5) is 4.39 Å². The molecule has 1 rings (SSSR count). The third kappa shape index (κ3) is 1.76. The van der Waals surface area contributed by atoms with E-state index in [-0.39, 0.29) is 19.0 Å². The molecule has 59 valence electrons. The molecule has 11 heavy (non-hydrogen) atoms. The van der Waals surface area contributed by atoms with E-state index in [0.29, 0.717) is 11.1 Å². The molecule has 0 aliphatic rings. The molecule has 0 bridgehead atoms. The van der Waals surface area contributed by atoms with Crippen molar-refractivity contribution in [1.29, 1.82) is 0 Å². The summed E-state index contributed by atoms with van der Waals surface area (Å²) >= 11 is 0. The highest BCUT2D eigenvalue weighted by atomic mass is 19.1. The number of benzene rings is 1. The summed E-state index contributed by atoms with van der Waals surface area (Å²) in [5, 5.41) is 10.3. The molecular weight excluding hydrogens is 145 g/mol. The number of hydrogen-bond donors (Lipinski definition) is 1. The van der Waals surface area contributed by atoms with Gasteiger partial charge in [-0.15, -0.1) is 0 Å². The first-order valence-corrected chi connectivity index (χ1v) is 3.33. The van der Waals surface area contributed by atoms with Crippen molar-refractivity contribution in [2.75, 3.05) is 0 Å². The second kappa shape index (κ2) is 3.46. The third-order valence-corrected chi connectivity index (χ3v) is 1.50. The number of nitrogens with two attached hydrogens (primary N) is 1. The molecule has 0 unspecified atom stereocenters. The Balaban J connectivity index is 3.02. The highest BCUT2D eigenvalue weighted by molar-refractivity contribution is 5.24. The minimum Gasteiger partial charge on any atom is -0.326 e. The lowest BCUT2D eigenvalue weighted by molar-refractivity contribution is 0.177. The van der Waals surface area contributed by atoms with Crippen LogP contribution in [0.25, 0.3) is 0 Å². The van der Waals surface area contributed by atoms with Crippen LogP contribution in [-0.2, 0) is 18.3 Å². The molecule has 0 heterocycles. The average Bonchev–Trinajstić information content (AvgIpc) is 2.05. The van der Waals surface area contributed by atoms with Gasteiger partial charge in [0.15, 0.2) is 0 Å². The zero-order chi connectivity index (χ0) is 8.27. The minimum atomic E-state index is -0.343. The fourth-order valence-electron chi connectivity index (χ4n) is 0.874. The molecule has 0 saturated carbocycles. The molecule has 0 spiro atoms. The molecule has 2 nitrogen and oxygen atoms in total. The normalized spacial score (nSPS) is 10.1. The summed E-state index contributed by atoms with van der Waals surface area (Å²) in [6.45, 7) is -0.188. The van der Waals surface area contributed by atoms with Crippen LogP contribution in [0.15, 0.2) is 18.2 Å². The van der Waals surface area contributed by atoms with Crippen molar-refractivity contribution in [3.8, 4) is 0 Å². The highest BCUT2D eigenvalue weighted by Crippen LogP contribution is 2.09. The second-order valence-corrected chi connectivity index (χ2v) is 2.27. The predicted octanol–water partition coefficient (Wildman–Crippen LogP) is 1.21. The van der Waals surface area contributed by atoms with Crippen LogP contribution in [0.3, 0.4) is 0 Å². The highest BCUT2D eigenvalue weighted by Gasteiger charge is 2.00. The minimum absolute atomic E-state index is 0.139. The molecule has 0 fully saturated rings. The van der Waals surface area contributed by atoms with Gasteiger partial charge >= 0.3 is 0 Å². The maximum atomic E-state index is 12.7. The first kappa shape index (κ1) is 8.17. The van der Waals surface area contributed by atoms with E-state index in [4.69, 9.17) is 5.73 Å². The van der Waals surface area contributed by atoms with Crippen molar-refractivity contribution in [3.05, 3.63) is 35.1 Å². The molecule has 1 aromatic carbocycles. The second-order valence-electron chi connectivity index (χ2n) is 2.27. The monoisotopic (exact) mass is 154 g/mol. The maximum Gasteiger partial charge on any atom is 0.127 e. The SMILES string of the molecule is NCc1cc(C[O])ccc1F. The average molecular weight is 154 g/mol. The smallest absolute Gasteiger partial charge is 0.127 e.